The minimum atomic E-state index is -2.59. The summed E-state index contributed by atoms with van der Waals surface area (Å²) in [5.74, 6) is -0.518. The lowest BCUT2D eigenvalue weighted by Gasteiger charge is -2.05. The largest absolute Gasteiger partial charge is 0.366 e. The van der Waals surface area contributed by atoms with Gasteiger partial charge in [-0.3, -0.25) is 4.79 Å². The average molecular weight is 240 g/mol. The molecule has 0 unspecified atom stereocenters. The topological polar surface area (TPSA) is 62.1 Å². The first-order valence-corrected chi connectivity index (χ1v) is 4.77. The number of nitrogens with zero attached hydrogens (tertiary/aromatic N) is 1. The van der Waals surface area contributed by atoms with E-state index in [-0.39, 0.29) is 0 Å². The molecule has 6 heteroatoms. The zero-order valence-electron chi connectivity index (χ0n) is 8.82. The van der Waals surface area contributed by atoms with E-state index in [1.165, 1.54) is 12.1 Å². The number of nitriles is 1. The average Bonchev–Trinajstić information content (AvgIpc) is 2.29. The summed E-state index contributed by atoms with van der Waals surface area (Å²) in [5, 5.41) is 11.0. The second-order valence-corrected chi connectivity index (χ2v) is 3.14. The molecule has 0 fully saturated rings. The third-order valence-corrected chi connectivity index (χ3v) is 1.77. The van der Waals surface area contributed by atoms with E-state index < -0.39 is 25.5 Å². The van der Waals surface area contributed by atoms with Crippen molar-refractivity contribution in [3.05, 3.63) is 29.8 Å². The Morgan fingerprint density at radius 3 is 2.59 bits per heavy atom. The Morgan fingerprint density at radius 1 is 1.41 bits per heavy atom. The number of nitrogens with one attached hydrogen (secondary N) is 1. The smallest absolute Gasteiger partial charge is 0.261 e. The van der Waals surface area contributed by atoms with Gasteiger partial charge in [0, 0.05) is 5.69 Å². The van der Waals surface area contributed by atoms with Crippen molar-refractivity contribution in [3.8, 4) is 6.07 Å². The van der Waals surface area contributed by atoms with E-state index in [0.717, 1.165) is 0 Å². The Hall–Kier alpha value is -2.00. The molecule has 4 nitrogen and oxygen atoms in total. The molecule has 1 rings (SSSR count). The van der Waals surface area contributed by atoms with Crippen LogP contribution in [0.1, 0.15) is 5.56 Å². The number of carbonyl (C=O) groups is 1. The minimum Gasteiger partial charge on any atom is -0.366 e. The van der Waals surface area contributed by atoms with Crippen molar-refractivity contribution in [2.24, 2.45) is 0 Å². The van der Waals surface area contributed by atoms with Crippen LogP contribution in [0.25, 0.3) is 0 Å². The Kier molecular flexibility index (Phi) is 5.04. The molecule has 1 aromatic rings. The predicted octanol–water partition coefficient (Wildman–Crippen LogP) is 1.78. The molecule has 0 aromatic heterocycles. The van der Waals surface area contributed by atoms with Crippen molar-refractivity contribution in [2.75, 3.05) is 18.5 Å². The number of halogens is 2. The van der Waals surface area contributed by atoms with Crippen molar-refractivity contribution >= 4 is 11.6 Å². The van der Waals surface area contributed by atoms with Crippen LogP contribution in [-0.4, -0.2) is 25.5 Å². The SMILES string of the molecule is N#Cc1ccc(NC(=O)COCC(F)F)cc1. The normalized spacial score (nSPS) is 10.0. The lowest BCUT2D eigenvalue weighted by Crippen LogP contribution is -2.20. The highest BCUT2D eigenvalue weighted by molar-refractivity contribution is 5.91. The maximum absolute atomic E-state index is 11.7. The minimum absolute atomic E-state index is 0.426. The summed E-state index contributed by atoms with van der Waals surface area (Å²) in [6.07, 6.45) is -2.59. The summed E-state index contributed by atoms with van der Waals surface area (Å²) in [7, 11) is 0. The van der Waals surface area contributed by atoms with Crippen LogP contribution in [0.4, 0.5) is 14.5 Å². The van der Waals surface area contributed by atoms with Crippen LogP contribution in [0.3, 0.4) is 0 Å². The molecule has 0 bridgehead atoms. The van der Waals surface area contributed by atoms with Gasteiger partial charge >= 0.3 is 0 Å². The number of anilines is 1. The highest BCUT2D eigenvalue weighted by Gasteiger charge is 2.06. The molecule has 0 radical (unpaired) electrons. The lowest BCUT2D eigenvalue weighted by molar-refractivity contribution is -0.121. The first-order valence-electron chi connectivity index (χ1n) is 4.77. The summed E-state index contributed by atoms with van der Waals surface area (Å²) in [6.45, 7) is -1.19. The van der Waals surface area contributed by atoms with Gasteiger partial charge in [-0.2, -0.15) is 5.26 Å². The third kappa shape index (κ3) is 5.04. The molecule has 1 N–H and O–H groups in total. The summed E-state index contributed by atoms with van der Waals surface area (Å²) < 4.78 is 27.9. The van der Waals surface area contributed by atoms with Gasteiger partial charge in [-0.25, -0.2) is 8.78 Å². The molecule has 0 saturated carbocycles. The fraction of sp³-hybridized carbons (Fsp3) is 0.273. The first-order chi connectivity index (χ1) is 8.11. The number of benzene rings is 1. The molecule has 1 aromatic carbocycles. The van der Waals surface area contributed by atoms with Gasteiger partial charge in [0.05, 0.1) is 11.6 Å². The van der Waals surface area contributed by atoms with Gasteiger partial charge in [0.1, 0.15) is 13.2 Å². The van der Waals surface area contributed by atoms with E-state index >= 15 is 0 Å². The van der Waals surface area contributed by atoms with Crippen molar-refractivity contribution in [1.29, 1.82) is 5.26 Å². The Labute approximate surface area is 96.8 Å². The predicted molar refractivity (Wildman–Crippen MR) is 56.6 cm³/mol. The van der Waals surface area contributed by atoms with Crippen LogP contribution < -0.4 is 5.32 Å². The maximum Gasteiger partial charge on any atom is 0.261 e. The number of rotatable bonds is 5. The molecule has 0 atom stereocenters. The lowest BCUT2D eigenvalue weighted by atomic mass is 10.2. The number of hydrogen-bond donors (Lipinski definition) is 1. The van der Waals surface area contributed by atoms with Crippen LogP contribution in [0.15, 0.2) is 24.3 Å². The molecular weight excluding hydrogens is 230 g/mol. The van der Waals surface area contributed by atoms with Gasteiger partial charge in [0.2, 0.25) is 5.91 Å². The number of hydrogen-bond acceptors (Lipinski definition) is 3. The van der Waals surface area contributed by atoms with Crippen molar-refractivity contribution < 1.29 is 18.3 Å². The molecule has 0 saturated heterocycles. The number of carbonyl (C=O) groups excluding carboxylic acids is 1. The van der Waals surface area contributed by atoms with Crippen molar-refractivity contribution in [3.63, 3.8) is 0 Å². The fourth-order valence-corrected chi connectivity index (χ4v) is 1.07. The standard InChI is InChI=1S/C11H10F2N2O2/c12-10(13)6-17-7-11(16)15-9-3-1-8(5-14)2-4-9/h1-4,10H,6-7H2,(H,15,16). The zero-order chi connectivity index (χ0) is 12.7. The van der Waals surface area contributed by atoms with E-state index in [9.17, 15) is 13.6 Å². The van der Waals surface area contributed by atoms with E-state index in [1.54, 1.807) is 12.1 Å². The maximum atomic E-state index is 11.7. The van der Waals surface area contributed by atoms with Gasteiger partial charge in [-0.05, 0) is 24.3 Å². The summed E-state index contributed by atoms with van der Waals surface area (Å²) in [5.41, 5.74) is 0.951. The molecule has 0 spiro atoms. The first kappa shape index (κ1) is 13.1. The molecule has 17 heavy (non-hydrogen) atoms. The molecule has 0 aliphatic rings. The van der Waals surface area contributed by atoms with Gasteiger partial charge in [0.25, 0.3) is 6.43 Å². The highest BCUT2D eigenvalue weighted by Crippen LogP contribution is 2.08. The monoisotopic (exact) mass is 240 g/mol. The van der Waals surface area contributed by atoms with Gasteiger partial charge < -0.3 is 10.1 Å². The van der Waals surface area contributed by atoms with E-state index in [4.69, 9.17) is 5.26 Å². The third-order valence-electron chi connectivity index (χ3n) is 1.77. The van der Waals surface area contributed by atoms with Gasteiger partial charge in [-0.15, -0.1) is 0 Å². The summed E-state index contributed by atoms with van der Waals surface area (Å²) in [6, 6.07) is 8.10. The molecular formula is C11H10F2N2O2. The second kappa shape index (κ2) is 6.55. The molecule has 1 amide bonds. The van der Waals surface area contributed by atoms with Gasteiger partial charge in [0.15, 0.2) is 0 Å². The molecule has 0 heterocycles. The zero-order valence-corrected chi connectivity index (χ0v) is 8.82. The quantitative estimate of drug-likeness (QED) is 0.853. The summed E-state index contributed by atoms with van der Waals surface area (Å²) in [4.78, 5) is 11.2. The Balaban J connectivity index is 2.37. The van der Waals surface area contributed by atoms with Gasteiger partial charge in [-0.1, -0.05) is 0 Å². The van der Waals surface area contributed by atoms with Crippen LogP contribution in [0.2, 0.25) is 0 Å². The van der Waals surface area contributed by atoms with Crippen LogP contribution >= 0.6 is 0 Å². The number of alkyl halides is 2. The Morgan fingerprint density at radius 2 is 2.06 bits per heavy atom. The van der Waals surface area contributed by atoms with Crippen LogP contribution in [0, 0.1) is 11.3 Å². The summed E-state index contributed by atoms with van der Waals surface area (Å²) >= 11 is 0. The van der Waals surface area contributed by atoms with Crippen molar-refractivity contribution in [1.82, 2.24) is 0 Å². The molecule has 0 aliphatic heterocycles. The number of amides is 1. The molecule has 0 aliphatic carbocycles. The van der Waals surface area contributed by atoms with E-state index in [1.807, 2.05) is 6.07 Å². The van der Waals surface area contributed by atoms with E-state index in [2.05, 4.69) is 10.1 Å². The fourth-order valence-electron chi connectivity index (χ4n) is 1.07. The van der Waals surface area contributed by atoms with Crippen LogP contribution in [-0.2, 0) is 9.53 Å². The molecule has 90 valence electrons. The van der Waals surface area contributed by atoms with E-state index in [0.29, 0.717) is 11.3 Å². The van der Waals surface area contributed by atoms with Crippen molar-refractivity contribution in [2.45, 2.75) is 6.43 Å². The highest BCUT2D eigenvalue weighted by atomic mass is 19.3. The second-order valence-electron chi connectivity index (χ2n) is 3.14. The van der Waals surface area contributed by atoms with Crippen LogP contribution in [0.5, 0.6) is 0 Å². The number of ether oxygens (including phenoxy) is 1. The Bertz CT molecular complexity index is 412.